The number of anilines is 1. The molecule has 0 saturated carbocycles. The van der Waals surface area contributed by atoms with Gasteiger partial charge in [0.15, 0.2) is 0 Å². The number of fused-ring (bicyclic) bond motifs is 1. The van der Waals surface area contributed by atoms with E-state index in [9.17, 15) is 0 Å². The minimum atomic E-state index is 0.830. The summed E-state index contributed by atoms with van der Waals surface area (Å²) >= 11 is 0. The van der Waals surface area contributed by atoms with Crippen molar-refractivity contribution in [3.05, 3.63) is 71.4 Å². The van der Waals surface area contributed by atoms with Crippen molar-refractivity contribution in [2.45, 2.75) is 13.3 Å². The van der Waals surface area contributed by atoms with E-state index in [1.54, 1.807) is 0 Å². The Morgan fingerprint density at radius 1 is 0.947 bits per heavy atom. The Morgan fingerprint density at radius 3 is 2.53 bits per heavy atom. The number of rotatable bonds is 2. The molecule has 19 heavy (non-hydrogen) atoms. The van der Waals surface area contributed by atoms with E-state index in [1.165, 1.54) is 10.9 Å². The lowest BCUT2D eigenvalue weighted by Gasteiger charge is -2.09. The first-order chi connectivity index (χ1) is 9.24. The molecule has 0 aliphatic rings. The zero-order chi connectivity index (χ0) is 13.2. The van der Waals surface area contributed by atoms with Gasteiger partial charge in [0.1, 0.15) is 0 Å². The van der Waals surface area contributed by atoms with Gasteiger partial charge < -0.3 is 5.73 Å². The Kier molecular flexibility index (Phi) is 2.92. The van der Waals surface area contributed by atoms with Crippen molar-refractivity contribution in [2.75, 3.05) is 5.73 Å². The second-order valence-electron chi connectivity index (χ2n) is 4.80. The third-order valence-electron chi connectivity index (χ3n) is 3.46. The van der Waals surface area contributed by atoms with Gasteiger partial charge in [-0.1, -0.05) is 36.4 Å². The molecular formula is C17H16N2. The molecule has 0 radical (unpaired) electrons. The fraction of sp³-hybridized carbons (Fsp3) is 0.118. The van der Waals surface area contributed by atoms with E-state index in [1.807, 2.05) is 36.4 Å². The van der Waals surface area contributed by atoms with Gasteiger partial charge in [-0.25, -0.2) is 0 Å². The molecule has 3 aromatic rings. The van der Waals surface area contributed by atoms with E-state index in [2.05, 4.69) is 30.1 Å². The summed E-state index contributed by atoms with van der Waals surface area (Å²) in [6.45, 7) is 2.06. The first-order valence-electron chi connectivity index (χ1n) is 6.43. The number of aromatic nitrogens is 1. The third-order valence-corrected chi connectivity index (χ3v) is 3.46. The van der Waals surface area contributed by atoms with Crippen LogP contribution in [0.5, 0.6) is 0 Å². The summed E-state index contributed by atoms with van der Waals surface area (Å²) in [7, 11) is 0. The quantitative estimate of drug-likeness (QED) is 0.702. The van der Waals surface area contributed by atoms with E-state index >= 15 is 0 Å². The number of para-hydroxylation sites is 2. The van der Waals surface area contributed by atoms with Crippen LogP contribution in [-0.4, -0.2) is 4.98 Å². The number of hydrogen-bond donors (Lipinski definition) is 1. The van der Waals surface area contributed by atoms with Crippen LogP contribution >= 0.6 is 0 Å². The molecule has 3 rings (SSSR count). The molecule has 0 amide bonds. The molecule has 0 fully saturated rings. The summed E-state index contributed by atoms with van der Waals surface area (Å²) in [5.41, 5.74) is 11.4. The van der Waals surface area contributed by atoms with Crippen molar-refractivity contribution in [1.82, 2.24) is 4.98 Å². The van der Waals surface area contributed by atoms with Crippen LogP contribution in [0.15, 0.2) is 54.6 Å². The van der Waals surface area contributed by atoms with Gasteiger partial charge in [0.2, 0.25) is 0 Å². The van der Waals surface area contributed by atoms with Crippen molar-refractivity contribution < 1.29 is 0 Å². The number of nitrogen functional groups attached to an aromatic ring is 1. The second-order valence-corrected chi connectivity index (χ2v) is 4.80. The maximum Gasteiger partial charge on any atom is 0.0705 e. The Hall–Kier alpha value is -2.35. The minimum absolute atomic E-state index is 0.830. The summed E-state index contributed by atoms with van der Waals surface area (Å²) in [6.07, 6.45) is 0.830. The lowest BCUT2D eigenvalue weighted by Crippen LogP contribution is -1.99. The predicted octanol–water partition coefficient (Wildman–Crippen LogP) is 3.72. The molecule has 1 heterocycles. The summed E-state index contributed by atoms with van der Waals surface area (Å²) < 4.78 is 0. The van der Waals surface area contributed by atoms with Gasteiger partial charge in [-0.05, 0) is 36.2 Å². The standard InChI is InChI=1S/C17H16N2/c1-12-15(10-13-6-2-4-8-16(13)18)11-14-7-3-5-9-17(14)19-12/h2-9,11H,10,18H2,1H3. The number of nitrogens with two attached hydrogens (primary N) is 1. The van der Waals surface area contributed by atoms with Gasteiger partial charge in [0.05, 0.1) is 5.52 Å². The fourth-order valence-corrected chi connectivity index (χ4v) is 2.34. The largest absolute Gasteiger partial charge is 0.398 e. The Bertz CT molecular complexity index is 732. The van der Waals surface area contributed by atoms with E-state index in [0.717, 1.165) is 28.9 Å². The average Bonchev–Trinajstić information content (AvgIpc) is 2.42. The molecule has 1 aromatic heterocycles. The lowest BCUT2D eigenvalue weighted by atomic mass is 10.0. The summed E-state index contributed by atoms with van der Waals surface area (Å²) in [5.74, 6) is 0. The van der Waals surface area contributed by atoms with Crippen molar-refractivity contribution in [1.29, 1.82) is 0 Å². The Balaban J connectivity index is 2.06. The molecule has 2 aromatic carbocycles. The highest BCUT2D eigenvalue weighted by molar-refractivity contribution is 5.79. The minimum Gasteiger partial charge on any atom is -0.398 e. The summed E-state index contributed by atoms with van der Waals surface area (Å²) in [6, 6.07) is 18.4. The number of benzene rings is 2. The zero-order valence-electron chi connectivity index (χ0n) is 10.9. The van der Waals surface area contributed by atoms with Crippen molar-refractivity contribution in [2.24, 2.45) is 0 Å². The molecule has 94 valence electrons. The summed E-state index contributed by atoms with van der Waals surface area (Å²) in [4.78, 5) is 4.66. The third kappa shape index (κ3) is 2.29. The molecule has 0 spiro atoms. The van der Waals surface area contributed by atoms with Crippen molar-refractivity contribution in [3.63, 3.8) is 0 Å². The molecule has 0 atom stereocenters. The van der Waals surface area contributed by atoms with Gasteiger partial charge in [-0.15, -0.1) is 0 Å². The molecule has 0 bridgehead atoms. The Morgan fingerprint density at radius 2 is 1.68 bits per heavy atom. The van der Waals surface area contributed by atoms with Crippen LogP contribution in [-0.2, 0) is 6.42 Å². The highest BCUT2D eigenvalue weighted by Gasteiger charge is 2.06. The number of pyridine rings is 1. The van der Waals surface area contributed by atoms with E-state index in [-0.39, 0.29) is 0 Å². The molecule has 0 saturated heterocycles. The molecule has 0 aliphatic carbocycles. The maximum atomic E-state index is 6.01. The predicted molar refractivity (Wildman–Crippen MR) is 80.1 cm³/mol. The van der Waals surface area contributed by atoms with Crippen molar-refractivity contribution >= 4 is 16.6 Å². The highest BCUT2D eigenvalue weighted by atomic mass is 14.7. The fourth-order valence-electron chi connectivity index (χ4n) is 2.34. The van der Waals surface area contributed by atoms with Gasteiger partial charge in [0, 0.05) is 23.2 Å². The first kappa shape index (κ1) is 11.7. The van der Waals surface area contributed by atoms with Gasteiger partial charge in [0.25, 0.3) is 0 Å². The van der Waals surface area contributed by atoms with E-state index in [0.29, 0.717) is 0 Å². The van der Waals surface area contributed by atoms with Crippen LogP contribution in [0.3, 0.4) is 0 Å². The van der Waals surface area contributed by atoms with Crippen LogP contribution in [0.1, 0.15) is 16.8 Å². The topological polar surface area (TPSA) is 38.9 Å². The van der Waals surface area contributed by atoms with Crippen molar-refractivity contribution in [3.8, 4) is 0 Å². The number of hydrogen-bond acceptors (Lipinski definition) is 2. The monoisotopic (exact) mass is 248 g/mol. The normalized spacial score (nSPS) is 10.8. The number of aryl methyl sites for hydroxylation is 1. The molecule has 2 nitrogen and oxygen atoms in total. The molecule has 0 aliphatic heterocycles. The van der Waals surface area contributed by atoms with Crippen LogP contribution in [0, 0.1) is 6.92 Å². The smallest absolute Gasteiger partial charge is 0.0705 e. The van der Waals surface area contributed by atoms with E-state index < -0.39 is 0 Å². The highest BCUT2D eigenvalue weighted by Crippen LogP contribution is 2.21. The Labute approximate surface area is 112 Å². The molecule has 2 N–H and O–H groups in total. The zero-order valence-corrected chi connectivity index (χ0v) is 10.9. The van der Waals surface area contributed by atoms with Gasteiger partial charge in [-0.2, -0.15) is 0 Å². The average molecular weight is 248 g/mol. The van der Waals surface area contributed by atoms with Crippen LogP contribution in [0.2, 0.25) is 0 Å². The summed E-state index contributed by atoms with van der Waals surface area (Å²) in [5, 5.41) is 1.18. The molecular weight excluding hydrogens is 232 g/mol. The maximum absolute atomic E-state index is 6.01. The first-order valence-corrected chi connectivity index (χ1v) is 6.43. The van der Waals surface area contributed by atoms with Crippen LogP contribution in [0.4, 0.5) is 5.69 Å². The van der Waals surface area contributed by atoms with E-state index in [4.69, 9.17) is 5.73 Å². The lowest BCUT2D eigenvalue weighted by molar-refractivity contribution is 1.11. The van der Waals surface area contributed by atoms with Gasteiger partial charge in [-0.3, -0.25) is 4.98 Å². The van der Waals surface area contributed by atoms with Crippen LogP contribution < -0.4 is 5.73 Å². The van der Waals surface area contributed by atoms with Gasteiger partial charge >= 0.3 is 0 Å². The molecule has 2 heteroatoms. The second kappa shape index (κ2) is 4.73. The SMILES string of the molecule is Cc1nc2ccccc2cc1Cc1ccccc1N. The molecule has 0 unspecified atom stereocenters. The number of nitrogens with zero attached hydrogens (tertiary/aromatic N) is 1. The van der Waals surface area contributed by atoms with Crippen LogP contribution in [0.25, 0.3) is 10.9 Å².